The Morgan fingerprint density at radius 1 is 0.489 bits per heavy atom. The molecule has 3 atom stereocenters. The van der Waals surface area contributed by atoms with Gasteiger partial charge >= 0.3 is 11.9 Å². The van der Waals surface area contributed by atoms with E-state index in [1.54, 1.807) is 55.3 Å². The van der Waals surface area contributed by atoms with Crippen LogP contribution in [0.1, 0.15) is 99.6 Å². The Hall–Kier alpha value is -9.04. The van der Waals surface area contributed by atoms with Crippen molar-refractivity contribution in [1.29, 1.82) is 0 Å². The molecule has 1 amide bonds. The molecule has 16 rings (SSSR count). The Bertz CT molecular complexity index is 4460. The van der Waals surface area contributed by atoms with E-state index in [2.05, 4.69) is 50.4 Å². The minimum atomic E-state index is -0.747. The molecule has 7 aliphatic rings. The number of aliphatic carboxylic acids is 1. The first-order chi connectivity index (χ1) is 43.8. The molecule has 3 aromatic carbocycles. The van der Waals surface area contributed by atoms with E-state index in [1.807, 2.05) is 92.4 Å². The molecule has 0 bridgehead atoms. The summed E-state index contributed by atoms with van der Waals surface area (Å²) in [6.07, 6.45) is 3.90. The lowest BCUT2D eigenvalue weighted by Gasteiger charge is -2.29. The zero-order chi connectivity index (χ0) is 62.1. The van der Waals surface area contributed by atoms with Gasteiger partial charge in [-0.15, -0.1) is 64.6 Å². The Labute approximate surface area is 529 Å². The van der Waals surface area contributed by atoms with E-state index in [-0.39, 0.29) is 29.6 Å². The third kappa shape index (κ3) is 10.1. The maximum Gasteiger partial charge on any atom is 0.309 e. The largest absolute Gasteiger partial charge is 0.496 e. The van der Waals surface area contributed by atoms with E-state index in [4.69, 9.17) is 38.7 Å². The number of carbonyl (C=O) groups is 3. The Morgan fingerprint density at radius 2 is 0.844 bits per heavy atom. The van der Waals surface area contributed by atoms with Gasteiger partial charge in [0.25, 0.3) is 0 Å². The summed E-state index contributed by atoms with van der Waals surface area (Å²) in [5, 5.41) is 38.5. The summed E-state index contributed by atoms with van der Waals surface area (Å²) in [6.45, 7) is 9.75. The summed E-state index contributed by atoms with van der Waals surface area (Å²) in [6, 6.07) is 23.7. The van der Waals surface area contributed by atoms with Gasteiger partial charge in [-0.25, -0.2) is 0 Å². The van der Waals surface area contributed by atoms with Crippen LogP contribution >= 0.6 is 34.0 Å². The van der Waals surface area contributed by atoms with Crippen molar-refractivity contribution in [1.82, 2.24) is 49.2 Å². The molecule has 4 aliphatic heterocycles. The van der Waals surface area contributed by atoms with Crippen molar-refractivity contribution in [3.05, 3.63) is 172 Å². The van der Waals surface area contributed by atoms with Gasteiger partial charge in [-0.2, -0.15) is 0 Å². The Balaban J connectivity index is 0.000000118. The van der Waals surface area contributed by atoms with Gasteiger partial charge in [0, 0.05) is 67.0 Å². The first-order valence-electron chi connectivity index (χ1n) is 29.7. The van der Waals surface area contributed by atoms with Gasteiger partial charge in [-0.1, -0.05) is 36.4 Å². The van der Waals surface area contributed by atoms with Gasteiger partial charge in [-0.05, 0) is 112 Å². The van der Waals surface area contributed by atoms with Crippen LogP contribution in [0.2, 0.25) is 0 Å². The first-order valence-corrected chi connectivity index (χ1v) is 32.2. The summed E-state index contributed by atoms with van der Waals surface area (Å²) >= 11 is 5.07. The molecule has 25 heteroatoms. The fourth-order valence-corrected chi connectivity index (χ4v) is 17.8. The molecule has 3 unspecified atom stereocenters. The normalized spacial score (nSPS) is 18.0. The van der Waals surface area contributed by atoms with Crippen molar-refractivity contribution in [3.63, 3.8) is 0 Å². The number of fused-ring (bicyclic) bond motifs is 15. The van der Waals surface area contributed by atoms with Crippen LogP contribution in [0.5, 0.6) is 17.2 Å². The van der Waals surface area contributed by atoms with Gasteiger partial charge < -0.3 is 33.7 Å². The van der Waals surface area contributed by atoms with Crippen LogP contribution in [-0.4, -0.2) is 144 Å². The topological polar surface area (TPSA) is 250 Å². The van der Waals surface area contributed by atoms with Crippen LogP contribution < -0.4 is 14.2 Å². The number of rotatable bonds is 9. The van der Waals surface area contributed by atoms with Crippen LogP contribution in [0, 0.1) is 38.5 Å². The Kier molecular flexibility index (Phi) is 15.7. The third-order valence-electron chi connectivity index (χ3n) is 17.6. The van der Waals surface area contributed by atoms with E-state index in [9.17, 15) is 19.5 Å². The maximum absolute atomic E-state index is 13.3. The molecule has 0 spiro atoms. The van der Waals surface area contributed by atoms with E-state index in [0.717, 1.165) is 141 Å². The highest BCUT2D eigenvalue weighted by molar-refractivity contribution is 7.16. The van der Waals surface area contributed by atoms with Gasteiger partial charge in [-0.3, -0.25) is 43.1 Å². The van der Waals surface area contributed by atoms with Crippen molar-refractivity contribution in [2.75, 3.05) is 54.7 Å². The van der Waals surface area contributed by atoms with Crippen molar-refractivity contribution in [2.24, 2.45) is 32.7 Å². The first kappa shape index (κ1) is 58.6. The number of hydrogen-bond donors (Lipinski definition) is 1. The molecule has 10 heterocycles. The summed E-state index contributed by atoms with van der Waals surface area (Å²) < 4.78 is 33.6. The second-order valence-corrected chi connectivity index (χ2v) is 26.0. The predicted octanol–water partition coefficient (Wildman–Crippen LogP) is 8.25. The zero-order valence-electron chi connectivity index (χ0n) is 50.6. The van der Waals surface area contributed by atoms with E-state index in [0.29, 0.717) is 71.6 Å². The number of morpholine rings is 1. The molecule has 9 aromatic rings. The third-order valence-corrected chi connectivity index (χ3v) is 21.4. The van der Waals surface area contributed by atoms with E-state index >= 15 is 0 Å². The molecule has 22 nitrogen and oxygen atoms in total. The molecule has 3 aliphatic carbocycles. The van der Waals surface area contributed by atoms with Crippen LogP contribution in [0.4, 0.5) is 0 Å². The lowest BCUT2D eigenvalue weighted by molar-refractivity contribution is -0.145. The van der Waals surface area contributed by atoms with Gasteiger partial charge in [0.2, 0.25) is 5.91 Å². The SMILES string of the molecule is COC(=O)C1Cc2sc3c(c2C1)C(c1ccccc1OC)=NCc1nnc(C)n1-3.COc1ccccc1C1=NCc2nnc(C)n2-c2sc3c(c21)CC(C(=O)N1CCOCC1)C3.COc1ccccc1C1=NCc2nnc(C)n2-c2sc3c(c21)CC(C(=O)O)C3. The maximum atomic E-state index is 13.3. The second kappa shape index (κ2) is 24.1. The number of carboxylic acid groups (broad SMARTS) is 1. The van der Waals surface area contributed by atoms with Gasteiger partial charge in [0.15, 0.2) is 17.5 Å². The highest BCUT2D eigenvalue weighted by Crippen LogP contribution is 2.47. The van der Waals surface area contributed by atoms with Crippen molar-refractivity contribution < 1.29 is 43.2 Å². The predicted molar refractivity (Wildman–Crippen MR) is 339 cm³/mol. The molecule has 1 saturated heterocycles. The minimum absolute atomic E-state index is 0.0294. The van der Waals surface area contributed by atoms with Gasteiger partial charge in [0.05, 0.1) is 70.6 Å². The number of hydrogen-bond acceptors (Lipinski definition) is 20. The number of aliphatic imine (C=N–C) groups is 3. The average Bonchev–Trinajstić information content (AvgIpc) is 1.61. The standard InChI is InChI=1S/C24H25N5O3S.C21H20N4O3S.C20H18N4O3S/c1-14-26-27-20-13-25-22(16-5-3-4-6-18(16)31-2)21-17-11-15(12-19(17)33-24(21)29(14)20)23(30)28-7-9-32-10-8-28;1-11-23-24-17-10-22-19(13-6-4-5-7-15(13)27-2)18-14-8-12(21(26)28-3)9-16(14)29-20(18)25(11)17;1-10-22-23-16-9-21-18(12-5-3-4-6-14(12)27-2)17-13-7-11(20(25)26)8-15(13)28-19(17)24(10)16/h3-6,15H,7-13H2,1-2H3;4-7,12H,8-10H2,1-3H3;3-6,11H,7-9H2,1-2H3,(H,25,26). The fraction of sp³-hybridized carbons (Fsp3) is 0.354. The number of esters is 1. The highest BCUT2D eigenvalue weighted by atomic mass is 32.1. The number of aryl methyl sites for hydroxylation is 3. The molecular weight excluding hydrogens is 1200 g/mol. The molecule has 1 fully saturated rings. The smallest absolute Gasteiger partial charge is 0.309 e. The number of thiophene rings is 3. The number of methoxy groups -OCH3 is 4. The molecule has 0 saturated carbocycles. The second-order valence-electron chi connectivity index (χ2n) is 22.8. The fourth-order valence-electron chi connectivity index (χ4n) is 13.4. The van der Waals surface area contributed by atoms with Crippen LogP contribution in [0.25, 0.3) is 15.0 Å². The Morgan fingerprint density at radius 3 is 1.22 bits per heavy atom. The van der Waals surface area contributed by atoms with Gasteiger partial charge in [0.1, 0.15) is 69.4 Å². The number of para-hydroxylation sites is 3. The zero-order valence-corrected chi connectivity index (χ0v) is 53.1. The minimum Gasteiger partial charge on any atom is -0.496 e. The lowest BCUT2D eigenvalue weighted by Crippen LogP contribution is -2.44. The summed E-state index contributed by atoms with van der Waals surface area (Å²) in [5.41, 5.74) is 12.1. The monoisotopic (exact) mass is 1270 g/mol. The van der Waals surface area contributed by atoms with E-state index in [1.165, 1.54) is 28.0 Å². The molecule has 6 aromatic heterocycles. The number of amides is 1. The van der Waals surface area contributed by atoms with Crippen LogP contribution in [0.3, 0.4) is 0 Å². The molecular formula is C65H63N13O9S3. The number of benzene rings is 3. The molecule has 90 heavy (non-hydrogen) atoms. The van der Waals surface area contributed by atoms with Crippen LogP contribution in [0.15, 0.2) is 87.8 Å². The quantitative estimate of drug-likeness (QED) is 0.134. The summed E-state index contributed by atoms with van der Waals surface area (Å²) in [7, 11) is 6.45. The average molecular weight is 1270 g/mol. The summed E-state index contributed by atoms with van der Waals surface area (Å²) in [5.74, 6) is 6.02. The lowest BCUT2D eigenvalue weighted by atomic mass is 9.96. The highest BCUT2D eigenvalue weighted by Gasteiger charge is 2.41. The number of nitrogens with zero attached hydrogens (tertiary/aromatic N) is 13. The van der Waals surface area contributed by atoms with Crippen LogP contribution in [-0.2, 0) is 82.0 Å². The molecule has 460 valence electrons. The van der Waals surface area contributed by atoms with Crippen molar-refractivity contribution in [2.45, 2.75) is 78.9 Å². The summed E-state index contributed by atoms with van der Waals surface area (Å²) in [4.78, 5) is 57.4. The number of ether oxygens (including phenoxy) is 5. The number of carboxylic acids is 1. The van der Waals surface area contributed by atoms with E-state index < -0.39 is 5.97 Å². The number of carbonyl (C=O) groups excluding carboxylic acids is 2. The molecule has 1 N–H and O–H groups in total. The molecule has 0 radical (unpaired) electrons. The van der Waals surface area contributed by atoms with Crippen molar-refractivity contribution in [3.8, 4) is 32.3 Å². The number of aromatic nitrogens is 9. The van der Waals surface area contributed by atoms with Crippen molar-refractivity contribution >= 4 is 69.0 Å².